The molecule has 0 radical (unpaired) electrons. The first-order valence-electron chi connectivity index (χ1n) is 5.79. The highest BCUT2D eigenvalue weighted by Crippen LogP contribution is 2.07. The van der Waals surface area contributed by atoms with Gasteiger partial charge < -0.3 is 5.11 Å². The largest absolute Gasteiger partial charge is 0.481 e. The molecule has 0 unspecified atom stereocenters. The van der Waals surface area contributed by atoms with Gasteiger partial charge in [0.05, 0.1) is 4.90 Å². The summed E-state index contributed by atoms with van der Waals surface area (Å²) in [5.41, 5.74) is 0. The average molecular weight is 271 g/mol. The topological polar surface area (TPSA) is 83.5 Å². The minimum atomic E-state index is -3.43. The third-order valence-corrected chi connectivity index (χ3v) is 3.89. The van der Waals surface area contributed by atoms with E-state index in [9.17, 15) is 13.2 Å². The fourth-order valence-electron chi connectivity index (χ4n) is 1.47. The van der Waals surface area contributed by atoms with E-state index in [2.05, 4.69) is 4.72 Å². The van der Waals surface area contributed by atoms with E-state index in [1.54, 1.807) is 18.2 Å². The Morgan fingerprint density at radius 2 is 1.78 bits per heavy atom. The van der Waals surface area contributed by atoms with Crippen LogP contribution in [0.25, 0.3) is 0 Å². The van der Waals surface area contributed by atoms with Crippen LogP contribution in [-0.2, 0) is 14.8 Å². The lowest BCUT2D eigenvalue weighted by atomic mass is 10.2. The lowest BCUT2D eigenvalue weighted by Gasteiger charge is -2.06. The summed E-state index contributed by atoms with van der Waals surface area (Å²) in [6.45, 7) is 0.330. The van der Waals surface area contributed by atoms with Gasteiger partial charge in [-0.3, -0.25) is 4.79 Å². The van der Waals surface area contributed by atoms with Crippen LogP contribution in [0.5, 0.6) is 0 Å². The van der Waals surface area contributed by atoms with Crippen LogP contribution in [0.4, 0.5) is 0 Å². The van der Waals surface area contributed by atoms with Crippen molar-refractivity contribution in [2.45, 2.75) is 30.6 Å². The Morgan fingerprint density at radius 1 is 1.11 bits per heavy atom. The molecule has 0 spiro atoms. The fourth-order valence-corrected chi connectivity index (χ4v) is 2.56. The molecular formula is C12H17NO4S. The molecule has 6 heteroatoms. The smallest absolute Gasteiger partial charge is 0.303 e. The van der Waals surface area contributed by atoms with E-state index in [-0.39, 0.29) is 11.3 Å². The zero-order valence-electron chi connectivity index (χ0n) is 10.0. The Bertz CT molecular complexity index is 470. The van der Waals surface area contributed by atoms with Gasteiger partial charge in [0, 0.05) is 13.0 Å². The summed E-state index contributed by atoms with van der Waals surface area (Å²) in [6, 6.07) is 8.16. The zero-order chi connectivity index (χ0) is 13.4. The Labute approximate surface area is 107 Å². The summed E-state index contributed by atoms with van der Waals surface area (Å²) in [4.78, 5) is 10.5. The molecule has 0 bridgehead atoms. The molecule has 0 saturated carbocycles. The number of rotatable bonds is 8. The summed E-state index contributed by atoms with van der Waals surface area (Å²) >= 11 is 0. The minimum Gasteiger partial charge on any atom is -0.481 e. The highest BCUT2D eigenvalue weighted by molar-refractivity contribution is 7.89. The number of nitrogens with one attached hydrogen (secondary N) is 1. The van der Waals surface area contributed by atoms with Gasteiger partial charge in [0.2, 0.25) is 10.0 Å². The van der Waals surface area contributed by atoms with Crippen molar-refractivity contribution in [2.75, 3.05) is 6.54 Å². The van der Waals surface area contributed by atoms with Gasteiger partial charge in [-0.05, 0) is 25.0 Å². The van der Waals surface area contributed by atoms with E-state index in [4.69, 9.17) is 5.11 Å². The van der Waals surface area contributed by atoms with E-state index in [1.165, 1.54) is 12.1 Å². The van der Waals surface area contributed by atoms with Gasteiger partial charge in [-0.15, -0.1) is 0 Å². The van der Waals surface area contributed by atoms with Gasteiger partial charge in [-0.1, -0.05) is 24.6 Å². The molecule has 0 aliphatic carbocycles. The second kappa shape index (κ2) is 7.13. The standard InChI is InChI=1S/C12H17NO4S/c14-12(15)9-5-2-6-10-13-18(16,17)11-7-3-1-4-8-11/h1,3-4,7-8,13H,2,5-6,9-10H2,(H,14,15). The molecule has 5 nitrogen and oxygen atoms in total. The van der Waals surface area contributed by atoms with Gasteiger partial charge in [-0.2, -0.15) is 0 Å². The quantitative estimate of drug-likeness (QED) is 0.704. The van der Waals surface area contributed by atoms with Gasteiger partial charge in [0.1, 0.15) is 0 Å². The van der Waals surface area contributed by atoms with Crippen LogP contribution in [0.2, 0.25) is 0 Å². The van der Waals surface area contributed by atoms with Crippen molar-refractivity contribution < 1.29 is 18.3 Å². The first-order chi connectivity index (χ1) is 8.52. The Balaban J connectivity index is 2.29. The maximum absolute atomic E-state index is 11.8. The van der Waals surface area contributed by atoms with Gasteiger partial charge in [0.15, 0.2) is 0 Å². The summed E-state index contributed by atoms with van der Waals surface area (Å²) in [7, 11) is -3.43. The van der Waals surface area contributed by atoms with Crippen molar-refractivity contribution in [3.63, 3.8) is 0 Å². The molecule has 18 heavy (non-hydrogen) atoms. The predicted octanol–water partition coefficient (Wildman–Crippen LogP) is 1.61. The lowest BCUT2D eigenvalue weighted by Crippen LogP contribution is -2.24. The minimum absolute atomic E-state index is 0.130. The summed E-state index contributed by atoms with van der Waals surface area (Å²) in [5, 5.41) is 8.44. The predicted molar refractivity (Wildman–Crippen MR) is 67.7 cm³/mol. The third kappa shape index (κ3) is 5.29. The normalized spacial score (nSPS) is 11.3. The molecule has 0 heterocycles. The van der Waals surface area contributed by atoms with Crippen LogP contribution >= 0.6 is 0 Å². The van der Waals surface area contributed by atoms with Gasteiger partial charge in [-0.25, -0.2) is 13.1 Å². The molecule has 0 aliphatic rings. The highest BCUT2D eigenvalue weighted by Gasteiger charge is 2.11. The molecule has 1 aromatic carbocycles. The number of carboxylic acids is 1. The SMILES string of the molecule is O=C(O)CCCCCNS(=O)(=O)c1ccccc1. The second-order valence-corrected chi connectivity index (χ2v) is 5.68. The van der Waals surface area contributed by atoms with Crippen molar-refractivity contribution in [3.05, 3.63) is 30.3 Å². The number of benzene rings is 1. The number of hydrogen-bond acceptors (Lipinski definition) is 3. The van der Waals surface area contributed by atoms with E-state index in [1.807, 2.05) is 0 Å². The number of sulfonamides is 1. The van der Waals surface area contributed by atoms with Crippen LogP contribution < -0.4 is 4.72 Å². The molecule has 100 valence electrons. The molecule has 2 N–H and O–H groups in total. The van der Waals surface area contributed by atoms with Crippen LogP contribution in [0.15, 0.2) is 35.2 Å². The zero-order valence-corrected chi connectivity index (χ0v) is 10.8. The van der Waals surface area contributed by atoms with E-state index in [0.29, 0.717) is 25.8 Å². The molecule has 0 fully saturated rings. The third-order valence-electron chi connectivity index (χ3n) is 2.41. The van der Waals surface area contributed by atoms with Gasteiger partial charge >= 0.3 is 5.97 Å². The summed E-state index contributed by atoms with van der Waals surface area (Å²) in [5.74, 6) is -0.820. The van der Waals surface area contributed by atoms with Crippen molar-refractivity contribution in [1.29, 1.82) is 0 Å². The molecule has 0 atom stereocenters. The average Bonchev–Trinajstić information content (AvgIpc) is 2.34. The Kier molecular flexibility index (Phi) is 5.80. The number of aliphatic carboxylic acids is 1. The van der Waals surface area contributed by atoms with E-state index in [0.717, 1.165) is 0 Å². The fraction of sp³-hybridized carbons (Fsp3) is 0.417. The van der Waals surface area contributed by atoms with Crippen LogP contribution in [0, 0.1) is 0 Å². The molecule has 0 aromatic heterocycles. The number of carbonyl (C=O) groups is 1. The second-order valence-electron chi connectivity index (χ2n) is 3.92. The van der Waals surface area contributed by atoms with E-state index < -0.39 is 16.0 Å². The number of carboxylic acid groups (broad SMARTS) is 1. The first kappa shape index (κ1) is 14.7. The van der Waals surface area contributed by atoms with E-state index >= 15 is 0 Å². The molecule has 0 amide bonds. The van der Waals surface area contributed by atoms with Crippen molar-refractivity contribution in [1.82, 2.24) is 4.72 Å². The first-order valence-corrected chi connectivity index (χ1v) is 7.27. The molecular weight excluding hydrogens is 254 g/mol. The van der Waals surface area contributed by atoms with Crippen LogP contribution in [-0.4, -0.2) is 26.0 Å². The summed E-state index contributed by atoms with van der Waals surface area (Å²) < 4.78 is 26.0. The Morgan fingerprint density at radius 3 is 2.39 bits per heavy atom. The highest BCUT2D eigenvalue weighted by atomic mass is 32.2. The monoisotopic (exact) mass is 271 g/mol. The Hall–Kier alpha value is -1.40. The van der Waals surface area contributed by atoms with Crippen LogP contribution in [0.1, 0.15) is 25.7 Å². The lowest BCUT2D eigenvalue weighted by molar-refractivity contribution is -0.137. The molecule has 0 aliphatic heterocycles. The van der Waals surface area contributed by atoms with Crippen molar-refractivity contribution >= 4 is 16.0 Å². The molecule has 1 rings (SSSR count). The van der Waals surface area contributed by atoms with Crippen molar-refractivity contribution in [3.8, 4) is 0 Å². The summed E-state index contributed by atoms with van der Waals surface area (Å²) in [6.07, 6.45) is 2.04. The maximum Gasteiger partial charge on any atom is 0.303 e. The van der Waals surface area contributed by atoms with Crippen LogP contribution in [0.3, 0.4) is 0 Å². The van der Waals surface area contributed by atoms with Crippen molar-refractivity contribution in [2.24, 2.45) is 0 Å². The molecule has 1 aromatic rings. The maximum atomic E-state index is 11.8. The van der Waals surface area contributed by atoms with Gasteiger partial charge in [0.25, 0.3) is 0 Å². The number of hydrogen-bond donors (Lipinski definition) is 2. The number of unbranched alkanes of at least 4 members (excludes halogenated alkanes) is 2. The molecule has 0 saturated heterocycles.